The van der Waals surface area contributed by atoms with Crippen molar-refractivity contribution < 1.29 is 28.5 Å². The van der Waals surface area contributed by atoms with Crippen LogP contribution in [0, 0.1) is 10.8 Å². The van der Waals surface area contributed by atoms with E-state index < -0.39 is 12.3 Å². The molecule has 2 rings (SSSR count). The number of hydrogen-bond donors (Lipinski definition) is 0. The van der Waals surface area contributed by atoms with Gasteiger partial charge in [0.2, 0.25) is 0 Å². The van der Waals surface area contributed by atoms with Crippen LogP contribution in [0.5, 0.6) is 0 Å². The van der Waals surface area contributed by atoms with E-state index in [4.69, 9.17) is 18.9 Å². The lowest BCUT2D eigenvalue weighted by atomic mass is 9.70. The first-order chi connectivity index (χ1) is 8.71. The van der Waals surface area contributed by atoms with Crippen LogP contribution in [-0.4, -0.2) is 37.7 Å². The molecule has 6 heteroatoms. The Bertz CT molecular complexity index is 351. The van der Waals surface area contributed by atoms with Crippen LogP contribution < -0.4 is 0 Å². The summed E-state index contributed by atoms with van der Waals surface area (Å²) >= 11 is 0. The Balaban J connectivity index is 2.01. The standard InChI is InChI=1S/C13H20O6/c1-12(2,8-5-16-10(14)18-8)7-13(3,4)9-6-17-11(15)19-9/h8-9H,5-7H2,1-4H3. The van der Waals surface area contributed by atoms with E-state index in [1.807, 2.05) is 27.7 Å². The highest BCUT2D eigenvalue weighted by molar-refractivity contribution is 5.62. The first-order valence-corrected chi connectivity index (χ1v) is 6.37. The second kappa shape index (κ2) is 4.58. The lowest BCUT2D eigenvalue weighted by Gasteiger charge is -2.38. The zero-order chi connectivity index (χ0) is 14.3. The van der Waals surface area contributed by atoms with Gasteiger partial charge in [-0.25, -0.2) is 9.59 Å². The molecule has 2 unspecified atom stereocenters. The summed E-state index contributed by atoms with van der Waals surface area (Å²) in [5, 5.41) is 0. The molecular formula is C13H20O6. The van der Waals surface area contributed by atoms with Crippen molar-refractivity contribution in [2.75, 3.05) is 13.2 Å². The van der Waals surface area contributed by atoms with Gasteiger partial charge >= 0.3 is 12.3 Å². The van der Waals surface area contributed by atoms with E-state index in [0.29, 0.717) is 6.42 Å². The molecule has 0 aromatic rings. The second-order valence-electron chi connectivity index (χ2n) is 6.49. The number of carbonyl (C=O) groups excluding carboxylic acids is 2. The number of hydrogen-bond acceptors (Lipinski definition) is 6. The maximum Gasteiger partial charge on any atom is 0.508 e. The molecule has 2 saturated heterocycles. The average molecular weight is 272 g/mol. The maximum atomic E-state index is 11.0. The first-order valence-electron chi connectivity index (χ1n) is 6.37. The fourth-order valence-corrected chi connectivity index (χ4v) is 2.83. The predicted octanol–water partition coefficient (Wildman–Crippen LogP) is 2.50. The minimum Gasteiger partial charge on any atom is -0.430 e. The van der Waals surface area contributed by atoms with Crippen molar-refractivity contribution in [3.63, 3.8) is 0 Å². The number of rotatable bonds is 4. The largest absolute Gasteiger partial charge is 0.508 e. The summed E-state index contributed by atoms with van der Waals surface area (Å²) in [4.78, 5) is 22.1. The van der Waals surface area contributed by atoms with Gasteiger partial charge in [-0.3, -0.25) is 0 Å². The van der Waals surface area contributed by atoms with E-state index in [-0.39, 0.29) is 36.3 Å². The summed E-state index contributed by atoms with van der Waals surface area (Å²) in [6, 6.07) is 0. The third-order valence-electron chi connectivity index (χ3n) is 3.84. The van der Waals surface area contributed by atoms with Gasteiger partial charge in [-0.1, -0.05) is 27.7 Å². The van der Waals surface area contributed by atoms with Gasteiger partial charge in [0.15, 0.2) is 0 Å². The van der Waals surface area contributed by atoms with Gasteiger partial charge in [0, 0.05) is 10.8 Å². The highest BCUT2D eigenvalue weighted by Crippen LogP contribution is 2.42. The van der Waals surface area contributed by atoms with Crippen molar-refractivity contribution >= 4 is 12.3 Å². The normalized spacial score (nSPS) is 27.6. The predicted molar refractivity (Wildman–Crippen MR) is 64.6 cm³/mol. The summed E-state index contributed by atoms with van der Waals surface area (Å²) < 4.78 is 20.0. The van der Waals surface area contributed by atoms with Crippen molar-refractivity contribution in [2.45, 2.75) is 46.3 Å². The molecule has 2 aliphatic heterocycles. The fourth-order valence-electron chi connectivity index (χ4n) is 2.83. The topological polar surface area (TPSA) is 71.1 Å². The molecular weight excluding hydrogens is 252 g/mol. The SMILES string of the molecule is CC(C)(CC(C)(C)C1COC(=O)O1)C1COC(=O)O1. The maximum absolute atomic E-state index is 11.0. The van der Waals surface area contributed by atoms with Crippen molar-refractivity contribution in [3.8, 4) is 0 Å². The van der Waals surface area contributed by atoms with Crippen molar-refractivity contribution in [2.24, 2.45) is 10.8 Å². The Morgan fingerprint density at radius 2 is 1.26 bits per heavy atom. The Hall–Kier alpha value is -1.46. The van der Waals surface area contributed by atoms with Gasteiger partial charge in [0.25, 0.3) is 0 Å². The second-order valence-corrected chi connectivity index (χ2v) is 6.49. The molecule has 0 saturated carbocycles. The average Bonchev–Trinajstić information content (AvgIpc) is 2.86. The molecule has 0 bridgehead atoms. The fraction of sp³-hybridized carbons (Fsp3) is 0.846. The van der Waals surface area contributed by atoms with Gasteiger partial charge in [0.05, 0.1) is 0 Å². The number of carbonyl (C=O) groups is 2. The monoisotopic (exact) mass is 272 g/mol. The van der Waals surface area contributed by atoms with Crippen LogP contribution in [0.15, 0.2) is 0 Å². The molecule has 0 spiro atoms. The quantitative estimate of drug-likeness (QED) is 0.732. The third-order valence-corrected chi connectivity index (χ3v) is 3.84. The van der Waals surface area contributed by atoms with Crippen LogP contribution in [-0.2, 0) is 18.9 Å². The molecule has 2 fully saturated rings. The van der Waals surface area contributed by atoms with Crippen molar-refractivity contribution in [1.82, 2.24) is 0 Å². The van der Waals surface area contributed by atoms with E-state index in [0.717, 1.165) is 0 Å². The zero-order valence-corrected chi connectivity index (χ0v) is 11.7. The first kappa shape index (κ1) is 14.0. The van der Waals surface area contributed by atoms with Crippen LogP contribution in [0.1, 0.15) is 34.1 Å². The van der Waals surface area contributed by atoms with Crippen molar-refractivity contribution in [3.05, 3.63) is 0 Å². The van der Waals surface area contributed by atoms with E-state index in [1.54, 1.807) is 0 Å². The van der Waals surface area contributed by atoms with E-state index >= 15 is 0 Å². The van der Waals surface area contributed by atoms with Gasteiger partial charge in [0.1, 0.15) is 25.4 Å². The minimum absolute atomic E-state index is 0.267. The van der Waals surface area contributed by atoms with Gasteiger partial charge in [-0.15, -0.1) is 0 Å². The summed E-state index contributed by atoms with van der Waals surface area (Å²) in [6.07, 6.45) is -1.09. The summed E-state index contributed by atoms with van der Waals surface area (Å²) in [6.45, 7) is 8.59. The lowest BCUT2D eigenvalue weighted by Crippen LogP contribution is -2.41. The molecule has 2 aliphatic rings. The summed E-state index contributed by atoms with van der Waals surface area (Å²) in [5.74, 6) is 0. The summed E-state index contributed by atoms with van der Waals surface area (Å²) in [5.41, 5.74) is -0.546. The Morgan fingerprint density at radius 3 is 1.53 bits per heavy atom. The van der Waals surface area contributed by atoms with Gasteiger partial charge < -0.3 is 18.9 Å². The zero-order valence-electron chi connectivity index (χ0n) is 11.7. The highest BCUT2D eigenvalue weighted by Gasteiger charge is 2.46. The third kappa shape index (κ3) is 2.93. The highest BCUT2D eigenvalue weighted by atomic mass is 16.8. The molecule has 0 N–H and O–H groups in total. The van der Waals surface area contributed by atoms with Gasteiger partial charge in [-0.2, -0.15) is 0 Å². The minimum atomic E-state index is -0.619. The smallest absolute Gasteiger partial charge is 0.430 e. The number of cyclic esters (lactones) is 4. The Morgan fingerprint density at radius 1 is 0.895 bits per heavy atom. The Labute approximate surface area is 112 Å². The van der Waals surface area contributed by atoms with E-state index in [9.17, 15) is 9.59 Å². The van der Waals surface area contributed by atoms with Crippen LogP contribution in [0.2, 0.25) is 0 Å². The van der Waals surface area contributed by atoms with Crippen LogP contribution in [0.25, 0.3) is 0 Å². The molecule has 0 aromatic carbocycles. The van der Waals surface area contributed by atoms with Crippen LogP contribution in [0.4, 0.5) is 9.59 Å². The van der Waals surface area contributed by atoms with Crippen LogP contribution >= 0.6 is 0 Å². The molecule has 0 radical (unpaired) electrons. The molecule has 0 amide bonds. The Kier molecular flexibility index (Phi) is 3.36. The molecule has 2 heterocycles. The number of ether oxygens (including phenoxy) is 4. The molecule has 108 valence electrons. The molecule has 2 atom stereocenters. The lowest BCUT2D eigenvalue weighted by molar-refractivity contribution is -0.00997. The van der Waals surface area contributed by atoms with Gasteiger partial charge in [-0.05, 0) is 6.42 Å². The molecule has 6 nitrogen and oxygen atoms in total. The summed E-state index contributed by atoms with van der Waals surface area (Å²) in [7, 11) is 0. The molecule has 0 aliphatic carbocycles. The molecule has 19 heavy (non-hydrogen) atoms. The van der Waals surface area contributed by atoms with Crippen molar-refractivity contribution in [1.29, 1.82) is 0 Å². The van der Waals surface area contributed by atoms with E-state index in [2.05, 4.69) is 0 Å². The molecule has 0 aromatic heterocycles. The van der Waals surface area contributed by atoms with E-state index in [1.165, 1.54) is 0 Å². The van der Waals surface area contributed by atoms with Crippen LogP contribution in [0.3, 0.4) is 0 Å².